The van der Waals surface area contributed by atoms with Gasteiger partial charge in [0.25, 0.3) is 0 Å². The van der Waals surface area contributed by atoms with E-state index in [1.165, 1.54) is 13.2 Å². The van der Waals surface area contributed by atoms with Gasteiger partial charge in [-0.2, -0.15) is 0 Å². The van der Waals surface area contributed by atoms with Gasteiger partial charge in [-0.1, -0.05) is 13.8 Å². The molecule has 0 aromatic heterocycles. The molecule has 6 heteroatoms. The number of nitro benzene ring substituents is 1. The smallest absolute Gasteiger partial charge is 0.311 e. The van der Waals surface area contributed by atoms with Crippen LogP contribution in [0.15, 0.2) is 18.2 Å². The third kappa shape index (κ3) is 4.70. The number of ether oxygens (including phenoxy) is 1. The SMILES string of the molecule is CCN(CC)CCCNc1ccc([N+](=O)[O-])c(OC)c1. The largest absolute Gasteiger partial charge is 0.490 e. The van der Waals surface area contributed by atoms with Gasteiger partial charge in [0.2, 0.25) is 0 Å². The van der Waals surface area contributed by atoms with E-state index in [1.54, 1.807) is 12.1 Å². The Labute approximate surface area is 119 Å². The molecular formula is C14H23N3O3. The summed E-state index contributed by atoms with van der Waals surface area (Å²) in [6.07, 6.45) is 1.03. The maximum absolute atomic E-state index is 10.8. The second-order valence-corrected chi connectivity index (χ2v) is 4.45. The van der Waals surface area contributed by atoms with Gasteiger partial charge in [-0.25, -0.2) is 0 Å². The molecule has 0 saturated heterocycles. The molecule has 0 aliphatic carbocycles. The Balaban J connectivity index is 2.50. The van der Waals surface area contributed by atoms with Crippen LogP contribution in [0.5, 0.6) is 5.75 Å². The Bertz CT molecular complexity index is 434. The maximum atomic E-state index is 10.8. The van der Waals surface area contributed by atoms with Crippen LogP contribution >= 0.6 is 0 Å². The molecule has 0 fully saturated rings. The predicted molar refractivity (Wildman–Crippen MR) is 80.5 cm³/mol. The van der Waals surface area contributed by atoms with Crippen molar-refractivity contribution in [2.24, 2.45) is 0 Å². The number of nitro groups is 1. The van der Waals surface area contributed by atoms with Gasteiger partial charge in [-0.15, -0.1) is 0 Å². The second kappa shape index (κ2) is 8.37. The van der Waals surface area contributed by atoms with E-state index in [0.717, 1.165) is 38.3 Å². The third-order valence-corrected chi connectivity index (χ3v) is 3.25. The average Bonchev–Trinajstić information content (AvgIpc) is 2.47. The van der Waals surface area contributed by atoms with Crippen LogP contribution in [0.1, 0.15) is 20.3 Å². The number of benzene rings is 1. The van der Waals surface area contributed by atoms with Crippen LogP contribution in [0.25, 0.3) is 0 Å². The van der Waals surface area contributed by atoms with E-state index in [4.69, 9.17) is 4.74 Å². The molecule has 0 heterocycles. The lowest BCUT2D eigenvalue weighted by Gasteiger charge is -2.18. The van der Waals surface area contributed by atoms with Gasteiger partial charge in [0, 0.05) is 24.4 Å². The Morgan fingerprint density at radius 1 is 1.35 bits per heavy atom. The van der Waals surface area contributed by atoms with E-state index in [1.807, 2.05) is 0 Å². The van der Waals surface area contributed by atoms with Crippen molar-refractivity contribution in [3.63, 3.8) is 0 Å². The summed E-state index contributed by atoms with van der Waals surface area (Å²) in [4.78, 5) is 12.7. The van der Waals surface area contributed by atoms with Gasteiger partial charge in [0.1, 0.15) is 0 Å². The molecule has 1 aromatic carbocycles. The van der Waals surface area contributed by atoms with E-state index in [9.17, 15) is 10.1 Å². The highest BCUT2D eigenvalue weighted by Gasteiger charge is 2.14. The van der Waals surface area contributed by atoms with Crippen molar-refractivity contribution in [2.75, 3.05) is 38.6 Å². The van der Waals surface area contributed by atoms with E-state index < -0.39 is 4.92 Å². The molecule has 0 unspecified atom stereocenters. The zero-order chi connectivity index (χ0) is 15.0. The molecule has 1 N–H and O–H groups in total. The van der Waals surface area contributed by atoms with Gasteiger partial charge in [-0.05, 0) is 32.1 Å². The highest BCUT2D eigenvalue weighted by molar-refractivity contribution is 5.57. The molecule has 1 rings (SSSR count). The Kier molecular flexibility index (Phi) is 6.79. The van der Waals surface area contributed by atoms with E-state index >= 15 is 0 Å². The van der Waals surface area contributed by atoms with Crippen LogP contribution in [0.3, 0.4) is 0 Å². The zero-order valence-electron chi connectivity index (χ0n) is 12.4. The molecule has 0 aliphatic heterocycles. The van der Waals surface area contributed by atoms with Crippen molar-refractivity contribution < 1.29 is 9.66 Å². The number of nitrogens with zero attached hydrogens (tertiary/aromatic N) is 2. The van der Waals surface area contributed by atoms with Crippen LogP contribution in [-0.2, 0) is 0 Å². The average molecular weight is 281 g/mol. The summed E-state index contributed by atoms with van der Waals surface area (Å²) in [6, 6.07) is 4.83. The first-order chi connectivity index (χ1) is 9.62. The number of hydrogen-bond acceptors (Lipinski definition) is 5. The molecule has 0 saturated carbocycles. The summed E-state index contributed by atoms with van der Waals surface area (Å²) in [5.41, 5.74) is 0.827. The van der Waals surface area contributed by atoms with Crippen molar-refractivity contribution >= 4 is 11.4 Å². The monoisotopic (exact) mass is 281 g/mol. The lowest BCUT2D eigenvalue weighted by Crippen LogP contribution is -2.25. The van der Waals surface area contributed by atoms with Crippen molar-refractivity contribution in [2.45, 2.75) is 20.3 Å². The van der Waals surface area contributed by atoms with E-state index in [0.29, 0.717) is 0 Å². The van der Waals surface area contributed by atoms with Gasteiger partial charge in [-0.3, -0.25) is 10.1 Å². The molecule has 0 radical (unpaired) electrons. The zero-order valence-corrected chi connectivity index (χ0v) is 12.4. The van der Waals surface area contributed by atoms with Crippen molar-refractivity contribution in [3.05, 3.63) is 28.3 Å². The fourth-order valence-corrected chi connectivity index (χ4v) is 2.01. The molecule has 1 aromatic rings. The van der Waals surface area contributed by atoms with Crippen molar-refractivity contribution in [1.29, 1.82) is 0 Å². The Hall–Kier alpha value is -1.82. The van der Waals surface area contributed by atoms with Crippen LogP contribution in [0, 0.1) is 10.1 Å². The lowest BCUT2D eigenvalue weighted by molar-refractivity contribution is -0.385. The van der Waals surface area contributed by atoms with Gasteiger partial charge in [0.15, 0.2) is 5.75 Å². The van der Waals surface area contributed by atoms with Crippen LogP contribution < -0.4 is 10.1 Å². The molecule has 0 bridgehead atoms. The summed E-state index contributed by atoms with van der Waals surface area (Å²) >= 11 is 0. The summed E-state index contributed by atoms with van der Waals surface area (Å²) in [5.74, 6) is 0.281. The fourth-order valence-electron chi connectivity index (χ4n) is 2.01. The lowest BCUT2D eigenvalue weighted by atomic mass is 10.2. The summed E-state index contributed by atoms with van der Waals surface area (Å²) in [7, 11) is 1.44. The first-order valence-corrected chi connectivity index (χ1v) is 6.91. The first kappa shape index (κ1) is 16.2. The van der Waals surface area contributed by atoms with Crippen LogP contribution in [0.4, 0.5) is 11.4 Å². The van der Waals surface area contributed by atoms with E-state index in [-0.39, 0.29) is 11.4 Å². The van der Waals surface area contributed by atoms with Crippen molar-refractivity contribution in [1.82, 2.24) is 4.90 Å². The molecule has 0 atom stereocenters. The quantitative estimate of drug-likeness (QED) is 0.428. The predicted octanol–water partition coefficient (Wildman–Crippen LogP) is 2.75. The van der Waals surface area contributed by atoms with Gasteiger partial charge < -0.3 is 15.0 Å². The van der Waals surface area contributed by atoms with Gasteiger partial charge >= 0.3 is 5.69 Å². The molecule has 6 nitrogen and oxygen atoms in total. The number of anilines is 1. The summed E-state index contributed by atoms with van der Waals surface area (Å²) in [6.45, 7) is 8.29. The molecule has 0 amide bonds. The number of methoxy groups -OCH3 is 1. The third-order valence-electron chi connectivity index (χ3n) is 3.25. The summed E-state index contributed by atoms with van der Waals surface area (Å²) < 4.78 is 5.04. The minimum Gasteiger partial charge on any atom is -0.490 e. The van der Waals surface area contributed by atoms with Crippen LogP contribution in [0.2, 0.25) is 0 Å². The topological polar surface area (TPSA) is 67.6 Å². The second-order valence-electron chi connectivity index (χ2n) is 4.45. The molecule has 0 aliphatic rings. The van der Waals surface area contributed by atoms with Gasteiger partial charge in [0.05, 0.1) is 12.0 Å². The first-order valence-electron chi connectivity index (χ1n) is 6.91. The normalized spacial score (nSPS) is 10.6. The Morgan fingerprint density at radius 2 is 2.05 bits per heavy atom. The highest BCUT2D eigenvalue weighted by atomic mass is 16.6. The molecular weight excluding hydrogens is 258 g/mol. The number of nitrogens with one attached hydrogen (secondary N) is 1. The molecule has 20 heavy (non-hydrogen) atoms. The molecule has 0 spiro atoms. The summed E-state index contributed by atoms with van der Waals surface area (Å²) in [5, 5.41) is 14.1. The standard InChI is InChI=1S/C14H23N3O3/c1-4-16(5-2)10-6-9-15-12-7-8-13(17(18)19)14(11-12)20-3/h7-8,11,15H,4-6,9-10H2,1-3H3. The van der Waals surface area contributed by atoms with Crippen molar-refractivity contribution in [3.8, 4) is 5.75 Å². The molecule has 112 valence electrons. The number of hydrogen-bond donors (Lipinski definition) is 1. The number of rotatable bonds is 9. The maximum Gasteiger partial charge on any atom is 0.311 e. The fraction of sp³-hybridized carbons (Fsp3) is 0.571. The Morgan fingerprint density at radius 3 is 2.60 bits per heavy atom. The highest BCUT2D eigenvalue weighted by Crippen LogP contribution is 2.29. The minimum atomic E-state index is -0.441. The van der Waals surface area contributed by atoms with E-state index in [2.05, 4.69) is 24.1 Å². The minimum absolute atomic E-state index is 0.0128. The van der Waals surface area contributed by atoms with Crippen LogP contribution in [-0.4, -0.2) is 43.1 Å².